The van der Waals surface area contributed by atoms with Crippen molar-refractivity contribution < 1.29 is 19.1 Å². The van der Waals surface area contributed by atoms with E-state index in [0.29, 0.717) is 4.90 Å². The maximum absolute atomic E-state index is 11.4. The lowest BCUT2D eigenvalue weighted by Crippen LogP contribution is -2.28. The zero-order valence-electron chi connectivity index (χ0n) is 12.9. The highest BCUT2D eigenvalue weighted by atomic mass is 16.5. The Bertz CT molecular complexity index is 574. The number of imide groups is 1. The molecule has 6 heteroatoms. The summed E-state index contributed by atoms with van der Waals surface area (Å²) in [6.07, 6.45) is 6.99. The maximum atomic E-state index is 11.4. The lowest BCUT2D eigenvalue weighted by molar-refractivity contribution is -0.138. The van der Waals surface area contributed by atoms with E-state index in [9.17, 15) is 14.4 Å². The van der Waals surface area contributed by atoms with Crippen molar-refractivity contribution in [3.8, 4) is 18.4 Å². The summed E-state index contributed by atoms with van der Waals surface area (Å²) in [5, 5.41) is 8.74. The summed E-state index contributed by atoms with van der Waals surface area (Å²) in [7, 11) is 0. The minimum absolute atomic E-state index is 0.106. The topological polar surface area (TPSA) is 87.5 Å². The van der Waals surface area contributed by atoms with Crippen molar-refractivity contribution in [3.05, 3.63) is 36.8 Å². The number of terminal acetylenes is 1. The Morgan fingerprint density at radius 3 is 2.23 bits per heavy atom. The molecule has 0 radical (unpaired) electrons. The van der Waals surface area contributed by atoms with Crippen molar-refractivity contribution in [3.63, 3.8) is 0 Å². The molecule has 0 aromatic rings. The molecule has 1 aliphatic rings. The molecular weight excluding hydrogens is 284 g/mol. The number of amides is 2. The van der Waals surface area contributed by atoms with Gasteiger partial charge in [-0.15, -0.1) is 18.9 Å². The lowest BCUT2D eigenvalue weighted by Gasteiger charge is -2.10. The van der Waals surface area contributed by atoms with Gasteiger partial charge in [0.2, 0.25) is 5.91 Å². The normalized spacial score (nSPS) is 12.9. The van der Waals surface area contributed by atoms with Crippen molar-refractivity contribution in [2.75, 3.05) is 0 Å². The van der Waals surface area contributed by atoms with E-state index >= 15 is 0 Å². The van der Waals surface area contributed by atoms with Crippen LogP contribution in [-0.4, -0.2) is 22.7 Å². The van der Waals surface area contributed by atoms with E-state index in [4.69, 9.17) is 5.26 Å². The molecule has 116 valence electrons. The first kappa shape index (κ1) is 21.2. The number of allylic oxidation sites excluding steroid dienone is 2. The number of carbonyl (C=O) groups excluding carboxylic acids is 3. The van der Waals surface area contributed by atoms with Gasteiger partial charge in [0.25, 0.3) is 5.91 Å². The minimum Gasteiger partial charge on any atom is -0.432 e. The zero-order valence-corrected chi connectivity index (χ0v) is 12.9. The number of rotatable bonds is 2. The molecule has 1 heterocycles. The molecular formula is C16H18N2O4. The molecule has 0 spiro atoms. The van der Waals surface area contributed by atoms with Gasteiger partial charge in [-0.05, 0) is 13.8 Å². The van der Waals surface area contributed by atoms with Crippen LogP contribution in [0.3, 0.4) is 0 Å². The van der Waals surface area contributed by atoms with Crippen LogP contribution in [0.5, 0.6) is 0 Å². The molecule has 1 aliphatic heterocycles. The van der Waals surface area contributed by atoms with Crippen molar-refractivity contribution in [1.82, 2.24) is 4.90 Å². The number of ether oxygens (including phenoxy) is 1. The molecule has 6 nitrogen and oxygen atoms in total. The Balaban J connectivity index is 0. The van der Waals surface area contributed by atoms with Crippen LogP contribution in [-0.2, 0) is 19.1 Å². The van der Waals surface area contributed by atoms with Crippen LogP contribution in [0.25, 0.3) is 0 Å². The Kier molecular flexibility index (Phi) is 11.3. The third-order valence-corrected chi connectivity index (χ3v) is 1.81. The average Bonchev–Trinajstić information content (AvgIpc) is 2.67. The monoisotopic (exact) mass is 302 g/mol. The summed E-state index contributed by atoms with van der Waals surface area (Å²) in [6, 6.07) is 1.61. The standard InChI is InChI=1S/C10H8N2O4.C3H6.C3H4/c1-6-3-9(14)12(10(6)15)8(4-11)5-16-7(2)13;2*1-3-2/h5H,1,3H2,2H3;3H,1H2,2H3;1H,2H3/b8-5+;;. The third-order valence-electron chi connectivity index (χ3n) is 1.81. The van der Waals surface area contributed by atoms with Crippen LogP contribution in [0, 0.1) is 23.7 Å². The van der Waals surface area contributed by atoms with Crippen molar-refractivity contribution in [1.29, 1.82) is 5.26 Å². The van der Waals surface area contributed by atoms with Gasteiger partial charge in [-0.1, -0.05) is 12.7 Å². The van der Waals surface area contributed by atoms with Crippen LogP contribution in [0.4, 0.5) is 0 Å². The predicted molar refractivity (Wildman–Crippen MR) is 81.5 cm³/mol. The highest BCUT2D eigenvalue weighted by molar-refractivity contribution is 6.14. The second kappa shape index (κ2) is 11.7. The first-order valence-corrected chi connectivity index (χ1v) is 6.07. The quantitative estimate of drug-likeness (QED) is 0.148. The molecule has 0 bridgehead atoms. The molecule has 1 rings (SSSR count). The second-order valence-electron chi connectivity index (χ2n) is 3.74. The van der Waals surface area contributed by atoms with Gasteiger partial charge in [0.1, 0.15) is 12.3 Å². The number of likely N-dealkylation sites (tertiary alicyclic amines) is 1. The Morgan fingerprint density at radius 1 is 1.50 bits per heavy atom. The van der Waals surface area contributed by atoms with Crippen LogP contribution < -0.4 is 0 Å². The highest BCUT2D eigenvalue weighted by Crippen LogP contribution is 2.21. The first-order valence-electron chi connectivity index (χ1n) is 6.07. The van der Waals surface area contributed by atoms with Crippen molar-refractivity contribution in [2.45, 2.75) is 27.2 Å². The van der Waals surface area contributed by atoms with Crippen LogP contribution in [0.1, 0.15) is 27.2 Å². The minimum atomic E-state index is -0.648. The van der Waals surface area contributed by atoms with E-state index < -0.39 is 17.8 Å². The third kappa shape index (κ3) is 7.46. The smallest absolute Gasteiger partial charge is 0.307 e. The average molecular weight is 302 g/mol. The van der Waals surface area contributed by atoms with E-state index in [1.165, 1.54) is 0 Å². The fraction of sp³-hybridized carbons (Fsp3) is 0.250. The molecule has 1 saturated heterocycles. The fourth-order valence-corrected chi connectivity index (χ4v) is 1.12. The number of hydrogen-bond acceptors (Lipinski definition) is 5. The zero-order chi connectivity index (χ0) is 17.7. The van der Waals surface area contributed by atoms with E-state index in [1.54, 1.807) is 19.1 Å². The molecule has 0 aromatic carbocycles. The SMILES string of the molecule is C#CC.C=C1CC(=O)N(/C(C#N)=C/OC(C)=O)C1=O.C=CC. The molecule has 0 aromatic heterocycles. The van der Waals surface area contributed by atoms with Gasteiger partial charge in [-0.25, -0.2) is 4.90 Å². The van der Waals surface area contributed by atoms with Gasteiger partial charge < -0.3 is 4.74 Å². The molecule has 22 heavy (non-hydrogen) atoms. The largest absolute Gasteiger partial charge is 0.432 e. The highest BCUT2D eigenvalue weighted by Gasteiger charge is 2.35. The Morgan fingerprint density at radius 2 is 1.95 bits per heavy atom. The summed E-state index contributed by atoms with van der Waals surface area (Å²) >= 11 is 0. The first-order chi connectivity index (χ1) is 10.3. The van der Waals surface area contributed by atoms with Gasteiger partial charge in [0.15, 0.2) is 5.70 Å². The summed E-state index contributed by atoms with van der Waals surface area (Å²) in [4.78, 5) is 34.0. The predicted octanol–water partition coefficient (Wildman–Crippen LogP) is 2.06. The van der Waals surface area contributed by atoms with E-state index in [1.807, 2.05) is 6.92 Å². The van der Waals surface area contributed by atoms with Gasteiger partial charge in [0, 0.05) is 12.5 Å². The lowest BCUT2D eigenvalue weighted by atomic mass is 10.3. The molecule has 0 N–H and O–H groups in total. The summed E-state index contributed by atoms with van der Waals surface area (Å²) < 4.78 is 4.44. The number of esters is 1. The fourth-order valence-electron chi connectivity index (χ4n) is 1.12. The van der Waals surface area contributed by atoms with Crippen molar-refractivity contribution >= 4 is 17.8 Å². The summed E-state index contributed by atoms with van der Waals surface area (Å²) in [5.74, 6) is 0.394. The van der Waals surface area contributed by atoms with Gasteiger partial charge in [0.05, 0.1) is 6.42 Å². The summed E-state index contributed by atoms with van der Waals surface area (Å²) in [5.41, 5.74) is -0.224. The van der Waals surface area contributed by atoms with Crippen LogP contribution >= 0.6 is 0 Å². The van der Waals surface area contributed by atoms with Crippen molar-refractivity contribution in [2.24, 2.45) is 0 Å². The van der Waals surface area contributed by atoms with Gasteiger partial charge >= 0.3 is 5.97 Å². The maximum Gasteiger partial charge on any atom is 0.307 e. The molecule has 0 atom stereocenters. The Labute approximate surface area is 130 Å². The Hall–Kier alpha value is -3.12. The molecule has 1 fully saturated rings. The van der Waals surface area contributed by atoms with E-state index in [0.717, 1.165) is 13.2 Å². The summed E-state index contributed by atoms with van der Waals surface area (Å²) in [6.45, 7) is 11.4. The van der Waals surface area contributed by atoms with E-state index in [2.05, 4.69) is 30.2 Å². The molecule has 2 amide bonds. The molecule has 0 unspecified atom stereocenters. The number of carbonyl (C=O) groups is 3. The number of nitrogens with zero attached hydrogens (tertiary/aromatic N) is 2. The van der Waals surface area contributed by atoms with Gasteiger partial charge in [-0.3, -0.25) is 14.4 Å². The number of nitriles is 1. The van der Waals surface area contributed by atoms with E-state index in [-0.39, 0.29) is 17.7 Å². The second-order valence-corrected chi connectivity index (χ2v) is 3.74. The molecule has 0 saturated carbocycles. The van der Waals surface area contributed by atoms with Crippen LogP contribution in [0.15, 0.2) is 36.8 Å². The van der Waals surface area contributed by atoms with Crippen LogP contribution in [0.2, 0.25) is 0 Å². The molecule has 0 aliphatic carbocycles. The van der Waals surface area contributed by atoms with Gasteiger partial charge in [-0.2, -0.15) is 5.26 Å². The number of hydrogen-bond donors (Lipinski definition) is 0.